The van der Waals surface area contributed by atoms with Gasteiger partial charge in [-0.15, -0.1) is 0 Å². The summed E-state index contributed by atoms with van der Waals surface area (Å²) in [5.74, 6) is -1.03. The summed E-state index contributed by atoms with van der Waals surface area (Å²) in [6.07, 6.45) is 9.81. The number of amides is 3. The van der Waals surface area contributed by atoms with Crippen LogP contribution in [-0.4, -0.2) is 51.8 Å². The van der Waals surface area contributed by atoms with Crippen LogP contribution in [0.2, 0.25) is 0 Å². The predicted octanol–water partition coefficient (Wildman–Crippen LogP) is 6.59. The Labute approximate surface area is 312 Å². The van der Waals surface area contributed by atoms with Crippen molar-refractivity contribution in [3.8, 4) is 0 Å². The quantitative estimate of drug-likeness (QED) is 0.143. The Kier molecular flexibility index (Phi) is 12.3. The number of carbonyl (C=O) groups excluding carboxylic acids is 3. The van der Waals surface area contributed by atoms with Gasteiger partial charge in [0.2, 0.25) is 5.91 Å². The largest absolute Gasteiger partial charge is 0.371 e. The molecule has 3 amide bonds. The molecule has 2 unspecified atom stereocenters. The Balaban J connectivity index is 1.07. The number of fused-ring (bicyclic) bond motifs is 1. The zero-order valence-corrected chi connectivity index (χ0v) is 30.4. The molecular weight excluding hydrogens is 667 g/mol. The van der Waals surface area contributed by atoms with Crippen LogP contribution in [0.5, 0.6) is 0 Å². The molecule has 7 rings (SSSR count). The van der Waals surface area contributed by atoms with Crippen LogP contribution >= 0.6 is 0 Å². The summed E-state index contributed by atoms with van der Waals surface area (Å²) in [6.45, 7) is 0.729. The highest BCUT2D eigenvalue weighted by atomic mass is 16.5. The molecule has 10 heteroatoms. The first-order valence-corrected chi connectivity index (χ1v) is 19.4. The van der Waals surface area contributed by atoms with Gasteiger partial charge in [0.15, 0.2) is 5.69 Å². The Morgan fingerprint density at radius 1 is 0.642 bits per heavy atom. The summed E-state index contributed by atoms with van der Waals surface area (Å²) in [7, 11) is 0. The summed E-state index contributed by atoms with van der Waals surface area (Å²) >= 11 is 0. The molecule has 1 aromatic heterocycles. The zero-order valence-electron chi connectivity index (χ0n) is 30.4. The molecule has 4 aromatic rings. The Bertz CT molecular complexity index is 1830. The van der Waals surface area contributed by atoms with Crippen molar-refractivity contribution in [1.82, 2.24) is 25.7 Å². The molecule has 53 heavy (non-hydrogen) atoms. The van der Waals surface area contributed by atoms with E-state index < -0.39 is 0 Å². The molecule has 0 saturated heterocycles. The minimum Gasteiger partial charge on any atom is -0.371 e. The maximum atomic E-state index is 14.1. The number of carbonyl (C=O) groups is 3. The van der Waals surface area contributed by atoms with Gasteiger partial charge in [-0.05, 0) is 67.2 Å². The van der Waals surface area contributed by atoms with Gasteiger partial charge in [-0.1, -0.05) is 111 Å². The van der Waals surface area contributed by atoms with Crippen molar-refractivity contribution in [2.45, 2.75) is 121 Å². The molecule has 3 aliphatic carbocycles. The lowest BCUT2D eigenvalue weighted by Gasteiger charge is -2.32. The lowest BCUT2D eigenvalue weighted by Crippen LogP contribution is -2.48. The Morgan fingerprint density at radius 2 is 1.23 bits per heavy atom. The fourth-order valence-corrected chi connectivity index (χ4v) is 8.08. The number of hydrogen-bond acceptors (Lipinski definition) is 6. The van der Waals surface area contributed by atoms with Gasteiger partial charge >= 0.3 is 0 Å². The molecule has 0 aliphatic heterocycles. The van der Waals surface area contributed by atoms with Crippen molar-refractivity contribution in [2.24, 2.45) is 0 Å². The second-order valence-electron chi connectivity index (χ2n) is 14.7. The lowest BCUT2D eigenvalue weighted by atomic mass is 9.87. The van der Waals surface area contributed by atoms with Crippen molar-refractivity contribution in [3.63, 3.8) is 0 Å². The lowest BCUT2D eigenvalue weighted by molar-refractivity contribution is -0.124. The van der Waals surface area contributed by atoms with Gasteiger partial charge in [0.25, 0.3) is 11.8 Å². The van der Waals surface area contributed by atoms with E-state index in [1.807, 2.05) is 72.8 Å². The molecular formula is C43H51N5O5. The average molecular weight is 718 g/mol. The first kappa shape index (κ1) is 36.6. The van der Waals surface area contributed by atoms with Crippen LogP contribution in [0.15, 0.2) is 91.0 Å². The number of hydrogen-bond donors (Lipinski definition) is 3. The summed E-state index contributed by atoms with van der Waals surface area (Å²) < 4.78 is 14.0. The van der Waals surface area contributed by atoms with Crippen molar-refractivity contribution >= 4 is 17.7 Å². The van der Waals surface area contributed by atoms with Gasteiger partial charge in [-0.2, -0.15) is 5.10 Å². The Morgan fingerprint density at radius 3 is 1.89 bits per heavy atom. The SMILES string of the molecule is O=C(Cn1nc(C(=O)NC2CCCc3ccccc32)cc1C(=O)N[C@H]1CCCC[C@@H]1OCc1ccccc1)NC1CCCC[C@@H]1OCc1ccccc1. The van der Waals surface area contributed by atoms with Crippen LogP contribution in [0.1, 0.15) is 113 Å². The van der Waals surface area contributed by atoms with E-state index in [1.54, 1.807) is 0 Å². The predicted molar refractivity (Wildman–Crippen MR) is 202 cm³/mol. The third kappa shape index (κ3) is 9.60. The molecule has 2 fully saturated rings. The highest BCUT2D eigenvalue weighted by Crippen LogP contribution is 2.30. The average Bonchev–Trinajstić information content (AvgIpc) is 3.62. The molecule has 5 atom stereocenters. The highest BCUT2D eigenvalue weighted by molar-refractivity contribution is 5.98. The molecule has 278 valence electrons. The van der Waals surface area contributed by atoms with Crippen LogP contribution in [0, 0.1) is 0 Å². The number of aryl methyl sites for hydroxylation is 1. The number of rotatable bonds is 13. The van der Waals surface area contributed by atoms with E-state index >= 15 is 0 Å². The van der Waals surface area contributed by atoms with Gasteiger partial charge in [-0.25, -0.2) is 4.68 Å². The molecule has 1 heterocycles. The molecule has 0 radical (unpaired) electrons. The van der Waals surface area contributed by atoms with E-state index in [-0.39, 0.29) is 66.0 Å². The molecule has 0 spiro atoms. The van der Waals surface area contributed by atoms with Gasteiger partial charge in [0.05, 0.1) is 43.5 Å². The number of nitrogens with one attached hydrogen (secondary N) is 3. The van der Waals surface area contributed by atoms with Crippen LogP contribution in [0.3, 0.4) is 0 Å². The van der Waals surface area contributed by atoms with E-state index in [2.05, 4.69) is 33.2 Å². The van der Waals surface area contributed by atoms with Crippen molar-refractivity contribution < 1.29 is 23.9 Å². The van der Waals surface area contributed by atoms with E-state index in [9.17, 15) is 14.4 Å². The number of benzene rings is 3. The third-order valence-corrected chi connectivity index (χ3v) is 10.9. The fourth-order valence-electron chi connectivity index (χ4n) is 8.08. The second kappa shape index (κ2) is 17.8. The summed E-state index contributed by atoms with van der Waals surface area (Å²) in [5.41, 5.74) is 4.78. The van der Waals surface area contributed by atoms with E-state index in [0.717, 1.165) is 87.3 Å². The van der Waals surface area contributed by atoms with Gasteiger partial charge in [0.1, 0.15) is 12.2 Å². The maximum Gasteiger partial charge on any atom is 0.272 e. The summed E-state index contributed by atoms with van der Waals surface area (Å²) in [6, 6.07) is 29.2. The molecule has 3 aliphatic rings. The number of nitrogens with zero attached hydrogens (tertiary/aromatic N) is 2. The van der Waals surface area contributed by atoms with Gasteiger partial charge in [-0.3, -0.25) is 14.4 Å². The summed E-state index contributed by atoms with van der Waals surface area (Å²) in [4.78, 5) is 41.5. The summed E-state index contributed by atoms with van der Waals surface area (Å²) in [5, 5.41) is 14.1. The first-order chi connectivity index (χ1) is 26.0. The number of aromatic nitrogens is 2. The van der Waals surface area contributed by atoms with Crippen LogP contribution in [0.25, 0.3) is 0 Å². The van der Waals surface area contributed by atoms with E-state index in [4.69, 9.17) is 9.47 Å². The first-order valence-electron chi connectivity index (χ1n) is 19.4. The molecule has 3 aromatic carbocycles. The third-order valence-electron chi connectivity index (χ3n) is 10.9. The standard InChI is InChI=1S/C43H51N5O5/c49-41(44-35-21-9-11-24-39(35)52-28-30-14-3-1-4-15-30)27-48-38(26-37(47-48)42(50)45-34-23-13-19-32-18-7-8-20-33(32)34)43(51)46-36-22-10-12-25-40(36)53-29-31-16-5-2-6-17-31/h1-8,14-18,20,26,34-36,39-40H,9-13,19,21-25,27-29H2,(H,44,49)(H,45,50)(H,46,51)/t34?,35?,36-,39-,40-/m0/s1. The molecule has 0 bridgehead atoms. The fraction of sp³-hybridized carbons (Fsp3) is 0.442. The van der Waals surface area contributed by atoms with Crippen LogP contribution in [0.4, 0.5) is 0 Å². The minimum absolute atomic E-state index is 0.105. The molecule has 2 saturated carbocycles. The van der Waals surface area contributed by atoms with Crippen LogP contribution < -0.4 is 16.0 Å². The molecule has 10 nitrogen and oxygen atoms in total. The monoisotopic (exact) mass is 717 g/mol. The van der Waals surface area contributed by atoms with Gasteiger partial charge < -0.3 is 25.4 Å². The smallest absolute Gasteiger partial charge is 0.272 e. The second-order valence-corrected chi connectivity index (χ2v) is 14.7. The van der Waals surface area contributed by atoms with Crippen molar-refractivity contribution in [1.29, 1.82) is 0 Å². The van der Waals surface area contributed by atoms with E-state index in [1.165, 1.54) is 16.3 Å². The van der Waals surface area contributed by atoms with E-state index in [0.29, 0.717) is 13.2 Å². The zero-order chi connectivity index (χ0) is 36.4. The normalized spacial score (nSPS) is 22.7. The Hall–Kier alpha value is -4.80. The van der Waals surface area contributed by atoms with Gasteiger partial charge in [0, 0.05) is 6.07 Å². The topological polar surface area (TPSA) is 124 Å². The highest BCUT2D eigenvalue weighted by Gasteiger charge is 2.32. The number of ether oxygens (including phenoxy) is 2. The van der Waals surface area contributed by atoms with Crippen molar-refractivity contribution in [3.05, 3.63) is 125 Å². The van der Waals surface area contributed by atoms with Crippen LogP contribution in [-0.2, 0) is 40.4 Å². The maximum absolute atomic E-state index is 14.1. The molecule has 3 N–H and O–H groups in total. The minimum atomic E-state index is -0.380. The van der Waals surface area contributed by atoms with Crippen molar-refractivity contribution in [2.75, 3.05) is 0 Å².